The van der Waals surface area contributed by atoms with E-state index in [1.165, 1.54) is 6.92 Å². The first kappa shape index (κ1) is 36.0. The minimum Gasteiger partial charge on any atom is -0.493 e. The van der Waals surface area contributed by atoms with Crippen LogP contribution in [0.25, 0.3) is 0 Å². The van der Waals surface area contributed by atoms with Crippen LogP contribution in [0.5, 0.6) is 5.75 Å². The SMILES string of the molecule is CC(=O)OCC1OC(c2ccc(Cl)c(Cc3ccc(OCC4(C(F)(F)F)CCC4)cc3)c2)C(OC(C)=O)C(OC(C)=O)C1OC(C)=O. The molecule has 2 fully saturated rings. The third kappa shape index (κ3) is 8.95. The fourth-order valence-electron chi connectivity index (χ4n) is 5.66. The summed E-state index contributed by atoms with van der Waals surface area (Å²) in [4.78, 5) is 48.0. The van der Waals surface area contributed by atoms with Gasteiger partial charge in [-0.05, 0) is 54.2 Å². The van der Waals surface area contributed by atoms with Crippen LogP contribution in [0.2, 0.25) is 5.02 Å². The third-order valence-electron chi connectivity index (χ3n) is 8.13. The average Bonchev–Trinajstić information content (AvgIpc) is 2.94. The molecule has 1 heterocycles. The van der Waals surface area contributed by atoms with Gasteiger partial charge in [0.15, 0.2) is 18.3 Å². The molecule has 2 aliphatic rings. The molecule has 4 rings (SSSR count). The summed E-state index contributed by atoms with van der Waals surface area (Å²) in [6.45, 7) is 3.80. The highest BCUT2D eigenvalue weighted by Crippen LogP contribution is 2.53. The monoisotopic (exact) mass is 684 g/mol. The maximum atomic E-state index is 13.5. The Morgan fingerprint density at radius 1 is 0.851 bits per heavy atom. The summed E-state index contributed by atoms with van der Waals surface area (Å²) >= 11 is 6.55. The number of rotatable bonds is 11. The van der Waals surface area contributed by atoms with Crippen LogP contribution in [0.3, 0.4) is 0 Å². The fraction of sp³-hybridized carbons (Fsp3) is 0.515. The van der Waals surface area contributed by atoms with Crippen LogP contribution in [0.4, 0.5) is 13.2 Å². The number of halogens is 4. The van der Waals surface area contributed by atoms with Gasteiger partial charge in [0.1, 0.15) is 31.2 Å². The minimum atomic E-state index is -4.33. The van der Waals surface area contributed by atoms with Gasteiger partial charge in [-0.25, -0.2) is 0 Å². The molecule has 0 bridgehead atoms. The number of benzene rings is 2. The van der Waals surface area contributed by atoms with Gasteiger partial charge < -0.3 is 28.4 Å². The van der Waals surface area contributed by atoms with Gasteiger partial charge in [0.05, 0.1) is 5.41 Å². The molecule has 5 atom stereocenters. The van der Waals surface area contributed by atoms with Gasteiger partial charge in [-0.2, -0.15) is 13.2 Å². The van der Waals surface area contributed by atoms with Crippen molar-refractivity contribution in [2.45, 2.75) is 90.1 Å². The molecule has 47 heavy (non-hydrogen) atoms. The maximum absolute atomic E-state index is 13.5. The lowest BCUT2D eigenvalue weighted by molar-refractivity contribution is -0.259. The van der Waals surface area contributed by atoms with E-state index in [9.17, 15) is 32.3 Å². The molecule has 10 nitrogen and oxygen atoms in total. The summed E-state index contributed by atoms with van der Waals surface area (Å²) < 4.78 is 74.0. The molecule has 1 saturated heterocycles. The molecule has 0 spiro atoms. The van der Waals surface area contributed by atoms with Crippen molar-refractivity contribution in [2.24, 2.45) is 5.41 Å². The zero-order valence-corrected chi connectivity index (χ0v) is 27.0. The summed E-state index contributed by atoms with van der Waals surface area (Å²) in [5.41, 5.74) is 0.0393. The van der Waals surface area contributed by atoms with Gasteiger partial charge in [0, 0.05) is 32.7 Å². The molecule has 2 aromatic rings. The molecule has 14 heteroatoms. The zero-order valence-electron chi connectivity index (χ0n) is 26.3. The molecular weight excluding hydrogens is 649 g/mol. The highest BCUT2D eigenvalue weighted by atomic mass is 35.5. The van der Waals surface area contributed by atoms with Crippen LogP contribution in [0, 0.1) is 5.41 Å². The molecule has 2 aromatic carbocycles. The third-order valence-corrected chi connectivity index (χ3v) is 8.50. The summed E-state index contributed by atoms with van der Waals surface area (Å²) in [7, 11) is 0. The highest BCUT2D eigenvalue weighted by molar-refractivity contribution is 6.31. The van der Waals surface area contributed by atoms with Crippen LogP contribution >= 0.6 is 11.6 Å². The van der Waals surface area contributed by atoms with Crippen molar-refractivity contribution in [1.82, 2.24) is 0 Å². The first-order valence-corrected chi connectivity index (χ1v) is 15.3. The van der Waals surface area contributed by atoms with E-state index in [-0.39, 0.29) is 19.4 Å². The molecule has 256 valence electrons. The molecule has 0 aromatic heterocycles. The van der Waals surface area contributed by atoms with E-state index >= 15 is 0 Å². The van der Waals surface area contributed by atoms with E-state index in [2.05, 4.69) is 0 Å². The second-order valence-corrected chi connectivity index (χ2v) is 12.1. The number of carbonyl (C=O) groups is 4. The highest BCUT2D eigenvalue weighted by Gasteiger charge is 2.59. The molecule has 1 aliphatic carbocycles. The van der Waals surface area contributed by atoms with Crippen molar-refractivity contribution in [1.29, 1.82) is 0 Å². The lowest BCUT2D eigenvalue weighted by Crippen LogP contribution is -2.59. The first-order valence-electron chi connectivity index (χ1n) is 15.0. The molecule has 0 amide bonds. The molecule has 1 aliphatic heterocycles. The van der Waals surface area contributed by atoms with Crippen molar-refractivity contribution in [2.75, 3.05) is 13.2 Å². The smallest absolute Gasteiger partial charge is 0.397 e. The molecule has 5 unspecified atom stereocenters. The van der Waals surface area contributed by atoms with Crippen LogP contribution in [0.1, 0.15) is 69.8 Å². The molecule has 1 saturated carbocycles. The van der Waals surface area contributed by atoms with Gasteiger partial charge in [0.2, 0.25) is 0 Å². The standard InChI is InChI=1S/C33H36ClF3O10/c1-18(38)42-16-27-29(44-19(2)39)31(46-21(4)41)30(45-20(3)40)28(47-27)23-8-11-26(34)24(15-23)14-22-6-9-25(10-7-22)43-17-32(12-5-13-32)33(35,36)37/h6-11,15,27-31H,5,12-14,16-17H2,1-4H3. The summed E-state index contributed by atoms with van der Waals surface area (Å²) in [6, 6.07) is 11.6. The Morgan fingerprint density at radius 3 is 1.98 bits per heavy atom. The van der Waals surface area contributed by atoms with Crippen molar-refractivity contribution in [3.8, 4) is 5.75 Å². The van der Waals surface area contributed by atoms with Crippen molar-refractivity contribution in [3.63, 3.8) is 0 Å². The van der Waals surface area contributed by atoms with Crippen molar-refractivity contribution >= 4 is 35.5 Å². The fourth-order valence-corrected chi connectivity index (χ4v) is 5.85. The Morgan fingerprint density at radius 2 is 1.45 bits per heavy atom. The van der Waals surface area contributed by atoms with Crippen LogP contribution in [0.15, 0.2) is 42.5 Å². The van der Waals surface area contributed by atoms with Gasteiger partial charge in [-0.1, -0.05) is 42.3 Å². The lowest BCUT2D eigenvalue weighted by atomic mass is 9.69. The van der Waals surface area contributed by atoms with Gasteiger partial charge in [-0.15, -0.1) is 0 Å². The normalized spacial score (nSPS) is 23.5. The Hall–Kier alpha value is -3.84. The Bertz CT molecular complexity index is 1460. The number of ether oxygens (including phenoxy) is 6. The van der Waals surface area contributed by atoms with E-state index in [1.807, 2.05) is 0 Å². The lowest BCUT2D eigenvalue weighted by Gasteiger charge is -2.44. The average molecular weight is 685 g/mol. The van der Waals surface area contributed by atoms with Gasteiger partial charge in [-0.3, -0.25) is 19.2 Å². The van der Waals surface area contributed by atoms with E-state index in [4.69, 9.17) is 40.0 Å². The van der Waals surface area contributed by atoms with Crippen LogP contribution < -0.4 is 4.74 Å². The zero-order chi connectivity index (χ0) is 34.5. The van der Waals surface area contributed by atoms with E-state index in [0.29, 0.717) is 34.7 Å². The van der Waals surface area contributed by atoms with Crippen LogP contribution in [-0.4, -0.2) is 67.7 Å². The number of carbonyl (C=O) groups excluding carboxylic acids is 4. The first-order chi connectivity index (χ1) is 22.1. The summed E-state index contributed by atoms with van der Waals surface area (Å²) in [5.74, 6) is -2.54. The van der Waals surface area contributed by atoms with Gasteiger partial charge in [0.25, 0.3) is 0 Å². The number of hydrogen-bond donors (Lipinski definition) is 0. The van der Waals surface area contributed by atoms with Crippen molar-refractivity contribution in [3.05, 3.63) is 64.2 Å². The minimum absolute atomic E-state index is 0.0446. The predicted molar refractivity (Wildman–Crippen MR) is 159 cm³/mol. The predicted octanol–water partition coefficient (Wildman–Crippen LogP) is 5.84. The quantitative estimate of drug-likeness (QED) is 0.211. The Labute approximate surface area is 274 Å². The number of esters is 4. The molecule has 0 radical (unpaired) electrons. The van der Waals surface area contributed by atoms with E-state index < -0.39 is 72.6 Å². The van der Waals surface area contributed by atoms with E-state index in [1.54, 1.807) is 42.5 Å². The number of alkyl halides is 3. The van der Waals surface area contributed by atoms with Crippen LogP contribution in [-0.2, 0) is 49.3 Å². The van der Waals surface area contributed by atoms with E-state index in [0.717, 1.165) is 26.3 Å². The summed E-state index contributed by atoms with van der Waals surface area (Å²) in [5, 5.41) is 0.386. The largest absolute Gasteiger partial charge is 0.493 e. The molecular formula is C33H36ClF3O10. The summed E-state index contributed by atoms with van der Waals surface area (Å²) in [6.07, 6.45) is -9.54. The second kappa shape index (κ2) is 14.9. The maximum Gasteiger partial charge on any atom is 0.397 e. The van der Waals surface area contributed by atoms with Gasteiger partial charge >= 0.3 is 30.1 Å². The second-order valence-electron chi connectivity index (χ2n) is 11.7. The Balaban J connectivity index is 1.60. The van der Waals surface area contributed by atoms with Crippen molar-refractivity contribution < 1.29 is 60.8 Å². The number of hydrogen-bond acceptors (Lipinski definition) is 10. The molecule has 0 N–H and O–H groups in total. The Kier molecular flexibility index (Phi) is 11.4. The topological polar surface area (TPSA) is 124 Å².